The van der Waals surface area contributed by atoms with Gasteiger partial charge in [0.2, 0.25) is 0 Å². The van der Waals surface area contributed by atoms with Crippen LogP contribution in [0.1, 0.15) is 0 Å². The Balaban J connectivity index is 1.19. The van der Waals surface area contributed by atoms with Crippen molar-refractivity contribution in [1.29, 1.82) is 0 Å². The van der Waals surface area contributed by atoms with Crippen molar-refractivity contribution in [3.63, 3.8) is 0 Å². The number of hydrogen-bond acceptors (Lipinski definition) is 1. The zero-order chi connectivity index (χ0) is 34.0. The molecule has 0 radical (unpaired) electrons. The van der Waals surface area contributed by atoms with E-state index in [2.05, 4.69) is 217 Å². The maximum Gasteiger partial charge on any atom is 0.0546 e. The largest absolute Gasteiger partial charge is 0.310 e. The van der Waals surface area contributed by atoms with Crippen LogP contribution < -0.4 is 4.90 Å². The molecule has 0 aliphatic heterocycles. The molecule has 0 N–H and O–H groups in total. The zero-order valence-electron chi connectivity index (χ0n) is 28.2. The summed E-state index contributed by atoms with van der Waals surface area (Å²) in [5.41, 5.74) is 13.0. The van der Waals surface area contributed by atoms with Crippen LogP contribution in [0.2, 0.25) is 0 Å². The number of nitrogens with zero attached hydrogens (tertiary/aromatic N) is 1. The molecule has 0 fully saturated rings. The Hall–Kier alpha value is -6.70. The third-order valence-electron chi connectivity index (χ3n) is 9.83. The number of benzene rings is 9. The third kappa shape index (κ3) is 5.96. The van der Waals surface area contributed by atoms with Crippen LogP contribution in [0.15, 0.2) is 212 Å². The highest BCUT2D eigenvalue weighted by atomic mass is 15.1. The van der Waals surface area contributed by atoms with Gasteiger partial charge in [0.15, 0.2) is 0 Å². The lowest BCUT2D eigenvalue weighted by Gasteiger charge is -2.28. The van der Waals surface area contributed by atoms with Gasteiger partial charge in [-0.25, -0.2) is 0 Å². The molecular formula is C50H35N. The van der Waals surface area contributed by atoms with E-state index in [1.54, 1.807) is 0 Å². The molecule has 0 heterocycles. The Morgan fingerprint density at radius 2 is 0.647 bits per heavy atom. The maximum atomic E-state index is 2.41. The van der Waals surface area contributed by atoms with Gasteiger partial charge in [0, 0.05) is 16.8 Å². The molecule has 0 saturated heterocycles. The van der Waals surface area contributed by atoms with E-state index in [-0.39, 0.29) is 0 Å². The summed E-state index contributed by atoms with van der Waals surface area (Å²) in [6.45, 7) is 0. The summed E-state index contributed by atoms with van der Waals surface area (Å²) in [6, 6.07) is 76.7. The first-order valence-electron chi connectivity index (χ1n) is 17.5. The van der Waals surface area contributed by atoms with Gasteiger partial charge < -0.3 is 4.90 Å². The molecule has 0 atom stereocenters. The van der Waals surface area contributed by atoms with Gasteiger partial charge in [-0.1, -0.05) is 164 Å². The van der Waals surface area contributed by atoms with E-state index in [0.717, 1.165) is 17.1 Å². The van der Waals surface area contributed by atoms with Crippen molar-refractivity contribution in [2.75, 3.05) is 4.90 Å². The topological polar surface area (TPSA) is 3.24 Å². The number of fused-ring (bicyclic) bond motifs is 3. The lowest BCUT2D eigenvalue weighted by Crippen LogP contribution is -2.10. The minimum absolute atomic E-state index is 1.11. The molecule has 0 aliphatic carbocycles. The highest BCUT2D eigenvalue weighted by Crippen LogP contribution is 2.43. The summed E-state index contributed by atoms with van der Waals surface area (Å²) in [5.74, 6) is 0. The number of hydrogen-bond donors (Lipinski definition) is 0. The molecule has 0 spiro atoms. The van der Waals surface area contributed by atoms with Gasteiger partial charge in [0.05, 0.1) is 5.69 Å². The highest BCUT2D eigenvalue weighted by Gasteiger charge is 2.18. The molecule has 0 aromatic heterocycles. The molecule has 9 aromatic rings. The van der Waals surface area contributed by atoms with Crippen LogP contribution in [0.4, 0.5) is 17.1 Å². The first-order chi connectivity index (χ1) is 25.3. The van der Waals surface area contributed by atoms with E-state index in [1.165, 1.54) is 66.1 Å². The van der Waals surface area contributed by atoms with Crippen LogP contribution in [0, 0.1) is 0 Å². The van der Waals surface area contributed by atoms with Gasteiger partial charge in [-0.05, 0) is 109 Å². The lowest BCUT2D eigenvalue weighted by molar-refractivity contribution is 1.30. The summed E-state index contributed by atoms with van der Waals surface area (Å²) < 4.78 is 0. The summed E-state index contributed by atoms with van der Waals surface area (Å²) in [6.07, 6.45) is 0. The van der Waals surface area contributed by atoms with Gasteiger partial charge in [0.1, 0.15) is 0 Å². The average Bonchev–Trinajstić information content (AvgIpc) is 3.22. The molecule has 0 unspecified atom stereocenters. The lowest BCUT2D eigenvalue weighted by atomic mass is 9.93. The van der Waals surface area contributed by atoms with E-state index in [9.17, 15) is 0 Å². The number of rotatable bonds is 7. The van der Waals surface area contributed by atoms with Crippen LogP contribution in [0.3, 0.4) is 0 Å². The van der Waals surface area contributed by atoms with Gasteiger partial charge in [-0.15, -0.1) is 0 Å². The van der Waals surface area contributed by atoms with Gasteiger partial charge in [-0.2, -0.15) is 0 Å². The van der Waals surface area contributed by atoms with Crippen LogP contribution in [-0.2, 0) is 0 Å². The first kappa shape index (κ1) is 30.4. The summed E-state index contributed by atoms with van der Waals surface area (Å²) in [4.78, 5) is 2.41. The van der Waals surface area contributed by atoms with Crippen molar-refractivity contribution in [1.82, 2.24) is 0 Å². The second kappa shape index (κ2) is 13.3. The molecule has 1 nitrogen and oxygen atoms in total. The third-order valence-corrected chi connectivity index (χ3v) is 9.83. The Kier molecular flexibility index (Phi) is 7.92. The second-order valence-electron chi connectivity index (χ2n) is 13.0. The molecule has 0 saturated carbocycles. The molecular weight excluding hydrogens is 615 g/mol. The average molecular weight is 650 g/mol. The van der Waals surface area contributed by atoms with E-state index < -0.39 is 0 Å². The van der Waals surface area contributed by atoms with Crippen LogP contribution in [-0.4, -0.2) is 0 Å². The van der Waals surface area contributed by atoms with Crippen LogP contribution >= 0.6 is 0 Å². The molecule has 1 heteroatoms. The van der Waals surface area contributed by atoms with E-state index in [4.69, 9.17) is 0 Å². The van der Waals surface area contributed by atoms with Crippen LogP contribution in [0.5, 0.6) is 0 Å². The minimum atomic E-state index is 1.11. The van der Waals surface area contributed by atoms with Crippen LogP contribution in [0.25, 0.3) is 66.1 Å². The van der Waals surface area contributed by atoms with E-state index in [0.29, 0.717) is 0 Å². The summed E-state index contributed by atoms with van der Waals surface area (Å²) in [5, 5.41) is 4.95. The van der Waals surface area contributed by atoms with Gasteiger partial charge in [-0.3, -0.25) is 0 Å². The van der Waals surface area contributed by atoms with Crippen molar-refractivity contribution in [3.05, 3.63) is 212 Å². The number of anilines is 3. The monoisotopic (exact) mass is 649 g/mol. The zero-order valence-corrected chi connectivity index (χ0v) is 28.2. The van der Waals surface area contributed by atoms with E-state index >= 15 is 0 Å². The highest BCUT2D eigenvalue weighted by molar-refractivity contribution is 6.15. The SMILES string of the molecule is c1ccc(-c2ccc(N(c3ccc(-c4cc(-c5ccccc5)cc(-c5ccccc5)c4)cc3)c3cccc4ccc5ccccc5c34)cc2)cc1. The van der Waals surface area contributed by atoms with Crippen molar-refractivity contribution < 1.29 is 0 Å². The Bertz CT molecular complexity index is 2530. The standard InChI is InChI=1S/C50H35N/c1-4-13-36(14-5-1)39-25-29-46(30-26-39)51(49-22-12-20-42-24-23-41-19-10-11-21-48(41)50(42)49)47-31-27-40(28-32-47)45-34-43(37-15-6-2-7-16-37)33-44(35-45)38-17-8-3-9-18-38/h1-35H. The Labute approximate surface area is 299 Å². The van der Waals surface area contributed by atoms with Gasteiger partial charge in [0.25, 0.3) is 0 Å². The van der Waals surface area contributed by atoms with Crippen molar-refractivity contribution in [2.24, 2.45) is 0 Å². The smallest absolute Gasteiger partial charge is 0.0546 e. The predicted octanol–water partition coefficient (Wildman–Crippen LogP) is 14.1. The molecule has 0 bridgehead atoms. The minimum Gasteiger partial charge on any atom is -0.310 e. The molecule has 0 amide bonds. The fraction of sp³-hybridized carbons (Fsp3) is 0. The molecule has 9 rings (SSSR count). The fourth-order valence-corrected chi connectivity index (χ4v) is 7.28. The molecule has 51 heavy (non-hydrogen) atoms. The summed E-state index contributed by atoms with van der Waals surface area (Å²) in [7, 11) is 0. The molecule has 0 aliphatic rings. The normalized spacial score (nSPS) is 11.1. The maximum absolute atomic E-state index is 2.41. The molecule has 240 valence electrons. The Morgan fingerprint density at radius 3 is 1.18 bits per heavy atom. The van der Waals surface area contributed by atoms with Crippen molar-refractivity contribution >= 4 is 38.6 Å². The molecule has 9 aromatic carbocycles. The van der Waals surface area contributed by atoms with E-state index in [1.807, 2.05) is 0 Å². The quantitative estimate of drug-likeness (QED) is 0.155. The Morgan fingerprint density at radius 1 is 0.255 bits per heavy atom. The van der Waals surface area contributed by atoms with Crippen molar-refractivity contribution in [2.45, 2.75) is 0 Å². The predicted molar refractivity (Wildman–Crippen MR) is 218 cm³/mol. The second-order valence-corrected chi connectivity index (χ2v) is 13.0. The van der Waals surface area contributed by atoms with Gasteiger partial charge >= 0.3 is 0 Å². The van der Waals surface area contributed by atoms with Crippen molar-refractivity contribution in [3.8, 4) is 44.5 Å². The summed E-state index contributed by atoms with van der Waals surface area (Å²) >= 11 is 0. The fourth-order valence-electron chi connectivity index (χ4n) is 7.28. The first-order valence-corrected chi connectivity index (χ1v) is 17.5.